The molecule has 0 saturated carbocycles. The molecule has 2 aromatic carbocycles. The van der Waals surface area contributed by atoms with Gasteiger partial charge in [0.25, 0.3) is 5.91 Å². The number of amides is 1. The highest BCUT2D eigenvalue weighted by Gasteiger charge is 2.09. The van der Waals surface area contributed by atoms with Crippen molar-refractivity contribution in [3.05, 3.63) is 59.7 Å². The Morgan fingerprint density at radius 2 is 1.61 bits per heavy atom. The predicted octanol–water partition coefficient (Wildman–Crippen LogP) is 2.86. The van der Waals surface area contributed by atoms with Crippen LogP contribution in [0.3, 0.4) is 0 Å². The van der Waals surface area contributed by atoms with Gasteiger partial charge in [0.05, 0.1) is 0 Å². The van der Waals surface area contributed by atoms with Crippen LogP contribution in [0.4, 0.5) is 5.69 Å². The molecule has 0 atom stereocenters. The molecular formula is C18H19NO4. The van der Waals surface area contributed by atoms with Gasteiger partial charge in [0.15, 0.2) is 13.2 Å². The van der Waals surface area contributed by atoms with E-state index in [0.29, 0.717) is 11.4 Å². The second-order valence-electron chi connectivity index (χ2n) is 5.19. The fourth-order valence-electron chi connectivity index (χ4n) is 2.09. The van der Waals surface area contributed by atoms with E-state index >= 15 is 0 Å². The number of aryl methyl sites for hydroxylation is 2. The molecule has 0 unspecified atom stereocenters. The van der Waals surface area contributed by atoms with Gasteiger partial charge in [0.2, 0.25) is 0 Å². The van der Waals surface area contributed by atoms with Crippen molar-refractivity contribution in [2.75, 3.05) is 18.5 Å². The number of carbonyl (C=O) groups is 2. The molecular weight excluding hydrogens is 294 g/mol. The third-order valence-electron chi connectivity index (χ3n) is 2.97. The minimum atomic E-state index is -0.593. The van der Waals surface area contributed by atoms with Gasteiger partial charge in [-0.3, -0.25) is 4.79 Å². The molecule has 1 N–H and O–H groups in total. The van der Waals surface area contributed by atoms with Crippen molar-refractivity contribution in [2.24, 2.45) is 0 Å². The topological polar surface area (TPSA) is 64.6 Å². The van der Waals surface area contributed by atoms with Gasteiger partial charge in [0, 0.05) is 5.69 Å². The van der Waals surface area contributed by atoms with Crippen LogP contribution in [0.25, 0.3) is 0 Å². The van der Waals surface area contributed by atoms with Crippen LogP contribution in [0, 0.1) is 13.8 Å². The van der Waals surface area contributed by atoms with Crippen LogP contribution < -0.4 is 10.1 Å². The number of hydrogen-bond donors (Lipinski definition) is 1. The van der Waals surface area contributed by atoms with Crippen molar-refractivity contribution < 1.29 is 19.1 Å². The second kappa shape index (κ2) is 7.98. The quantitative estimate of drug-likeness (QED) is 0.833. The van der Waals surface area contributed by atoms with Gasteiger partial charge in [-0.25, -0.2) is 4.79 Å². The summed E-state index contributed by atoms with van der Waals surface area (Å²) in [6.07, 6.45) is 0. The highest BCUT2D eigenvalue weighted by molar-refractivity contribution is 5.93. The van der Waals surface area contributed by atoms with Gasteiger partial charge < -0.3 is 14.8 Å². The molecule has 5 heteroatoms. The van der Waals surface area contributed by atoms with Gasteiger partial charge in [-0.15, -0.1) is 0 Å². The first kappa shape index (κ1) is 16.5. The van der Waals surface area contributed by atoms with Crippen LogP contribution in [0.15, 0.2) is 48.5 Å². The lowest BCUT2D eigenvalue weighted by atomic mass is 10.1. The van der Waals surface area contributed by atoms with Gasteiger partial charge in [-0.1, -0.05) is 24.3 Å². The third-order valence-corrected chi connectivity index (χ3v) is 2.97. The molecule has 1 amide bonds. The molecule has 0 aliphatic rings. The summed E-state index contributed by atoms with van der Waals surface area (Å²) in [5.74, 6) is -0.406. The summed E-state index contributed by atoms with van der Waals surface area (Å²) in [7, 11) is 0. The fourth-order valence-corrected chi connectivity index (χ4v) is 2.09. The van der Waals surface area contributed by atoms with Crippen molar-refractivity contribution in [1.29, 1.82) is 0 Å². The summed E-state index contributed by atoms with van der Waals surface area (Å²) in [4.78, 5) is 23.3. The molecule has 0 fully saturated rings. The normalized spacial score (nSPS) is 10.0. The molecule has 0 heterocycles. The summed E-state index contributed by atoms with van der Waals surface area (Å²) in [5, 5.41) is 2.70. The average Bonchev–Trinajstić information content (AvgIpc) is 2.51. The fraction of sp³-hybridized carbons (Fsp3) is 0.222. The van der Waals surface area contributed by atoms with Crippen LogP contribution in [-0.4, -0.2) is 25.1 Å². The van der Waals surface area contributed by atoms with Crippen molar-refractivity contribution in [3.8, 4) is 5.75 Å². The van der Waals surface area contributed by atoms with E-state index in [2.05, 4.69) is 5.32 Å². The maximum absolute atomic E-state index is 11.8. The summed E-state index contributed by atoms with van der Waals surface area (Å²) in [6.45, 7) is 3.32. The summed E-state index contributed by atoms with van der Waals surface area (Å²) >= 11 is 0. The van der Waals surface area contributed by atoms with Crippen LogP contribution in [-0.2, 0) is 14.3 Å². The number of rotatable bonds is 6. The molecule has 2 rings (SSSR count). The molecule has 5 nitrogen and oxygen atoms in total. The average molecular weight is 313 g/mol. The Hall–Kier alpha value is -2.82. The Labute approximate surface area is 135 Å². The van der Waals surface area contributed by atoms with Crippen LogP contribution in [0.1, 0.15) is 11.1 Å². The molecule has 0 aliphatic carbocycles. The van der Waals surface area contributed by atoms with E-state index in [1.807, 2.05) is 38.1 Å². The lowest BCUT2D eigenvalue weighted by molar-refractivity contribution is -0.149. The minimum Gasteiger partial charge on any atom is -0.482 e. The Kier molecular flexibility index (Phi) is 5.74. The molecule has 120 valence electrons. The lowest BCUT2D eigenvalue weighted by Gasteiger charge is -2.09. The lowest BCUT2D eigenvalue weighted by Crippen LogP contribution is -2.23. The number of hydrogen-bond acceptors (Lipinski definition) is 4. The van der Waals surface area contributed by atoms with Gasteiger partial charge in [-0.05, 0) is 49.2 Å². The molecule has 0 saturated heterocycles. The monoisotopic (exact) mass is 313 g/mol. The minimum absolute atomic E-state index is 0.235. The van der Waals surface area contributed by atoms with E-state index in [4.69, 9.17) is 9.47 Å². The first-order chi connectivity index (χ1) is 11.0. The molecule has 23 heavy (non-hydrogen) atoms. The van der Waals surface area contributed by atoms with Crippen molar-refractivity contribution in [1.82, 2.24) is 0 Å². The highest BCUT2D eigenvalue weighted by Crippen LogP contribution is 2.13. The number of nitrogens with one attached hydrogen (secondary N) is 1. The Balaban J connectivity index is 1.74. The molecule has 0 aliphatic heterocycles. The van der Waals surface area contributed by atoms with Gasteiger partial charge in [0.1, 0.15) is 5.75 Å². The van der Waals surface area contributed by atoms with Crippen molar-refractivity contribution in [3.63, 3.8) is 0 Å². The number of benzene rings is 2. The number of anilines is 1. The van der Waals surface area contributed by atoms with E-state index in [1.54, 1.807) is 24.3 Å². The Bertz CT molecular complexity index is 662. The van der Waals surface area contributed by atoms with E-state index in [0.717, 1.165) is 11.1 Å². The molecule has 0 spiro atoms. The van der Waals surface area contributed by atoms with E-state index in [-0.39, 0.29) is 19.1 Å². The maximum Gasteiger partial charge on any atom is 0.344 e. The summed E-state index contributed by atoms with van der Waals surface area (Å²) < 4.78 is 10.1. The smallest absolute Gasteiger partial charge is 0.344 e. The zero-order chi connectivity index (χ0) is 16.7. The molecule has 2 aromatic rings. The van der Waals surface area contributed by atoms with Gasteiger partial charge in [-0.2, -0.15) is 0 Å². The Morgan fingerprint density at radius 3 is 2.26 bits per heavy atom. The predicted molar refractivity (Wildman–Crippen MR) is 87.4 cm³/mol. The Morgan fingerprint density at radius 1 is 0.957 bits per heavy atom. The van der Waals surface area contributed by atoms with Crippen LogP contribution >= 0.6 is 0 Å². The molecule has 0 aromatic heterocycles. The van der Waals surface area contributed by atoms with Gasteiger partial charge >= 0.3 is 5.97 Å². The first-order valence-electron chi connectivity index (χ1n) is 7.24. The SMILES string of the molecule is Cc1cc(C)cc(NC(=O)COC(=O)COc2ccccc2)c1. The highest BCUT2D eigenvalue weighted by atomic mass is 16.6. The standard InChI is InChI=1S/C18H19NO4/c1-13-8-14(2)10-15(9-13)19-17(20)11-23-18(21)12-22-16-6-4-3-5-7-16/h3-10H,11-12H2,1-2H3,(H,19,20). The number of ether oxygens (including phenoxy) is 2. The van der Waals surface area contributed by atoms with Crippen molar-refractivity contribution >= 4 is 17.6 Å². The van der Waals surface area contributed by atoms with E-state index in [9.17, 15) is 9.59 Å². The van der Waals surface area contributed by atoms with Crippen molar-refractivity contribution in [2.45, 2.75) is 13.8 Å². The van der Waals surface area contributed by atoms with E-state index in [1.165, 1.54) is 0 Å². The van der Waals surface area contributed by atoms with Crippen LogP contribution in [0.5, 0.6) is 5.75 Å². The second-order valence-corrected chi connectivity index (χ2v) is 5.19. The molecule has 0 radical (unpaired) electrons. The summed E-state index contributed by atoms with van der Waals surface area (Å²) in [6, 6.07) is 14.6. The summed E-state index contributed by atoms with van der Waals surface area (Å²) in [5.41, 5.74) is 2.78. The number of esters is 1. The number of para-hydroxylation sites is 1. The third kappa shape index (κ3) is 5.82. The maximum atomic E-state index is 11.8. The molecule has 0 bridgehead atoms. The zero-order valence-electron chi connectivity index (χ0n) is 13.2. The van der Waals surface area contributed by atoms with Crippen LogP contribution in [0.2, 0.25) is 0 Å². The zero-order valence-corrected chi connectivity index (χ0v) is 13.2. The number of carbonyl (C=O) groups excluding carboxylic acids is 2. The first-order valence-corrected chi connectivity index (χ1v) is 7.24. The van der Waals surface area contributed by atoms with E-state index < -0.39 is 5.97 Å². The largest absolute Gasteiger partial charge is 0.482 e.